The van der Waals surface area contributed by atoms with Crippen molar-refractivity contribution in [3.8, 4) is 6.07 Å². The van der Waals surface area contributed by atoms with Crippen LogP contribution in [0.2, 0.25) is 0 Å². The van der Waals surface area contributed by atoms with E-state index in [1.807, 2.05) is 0 Å². The molecule has 1 aliphatic carbocycles. The van der Waals surface area contributed by atoms with Crippen molar-refractivity contribution in [3.05, 3.63) is 0 Å². The Kier molecular flexibility index (Phi) is 3.79. The topological polar surface area (TPSA) is 23.8 Å². The van der Waals surface area contributed by atoms with Crippen LogP contribution in [0.1, 0.15) is 32.6 Å². The van der Waals surface area contributed by atoms with Crippen molar-refractivity contribution in [2.75, 3.05) is 5.75 Å². The van der Waals surface area contributed by atoms with E-state index in [9.17, 15) is 0 Å². The molecule has 0 unspecified atom stereocenters. The highest BCUT2D eigenvalue weighted by atomic mass is 32.2. The molecule has 0 aliphatic heterocycles. The highest BCUT2D eigenvalue weighted by molar-refractivity contribution is 7.99. The van der Waals surface area contributed by atoms with Gasteiger partial charge in [0.1, 0.15) is 0 Å². The van der Waals surface area contributed by atoms with Crippen LogP contribution >= 0.6 is 11.8 Å². The van der Waals surface area contributed by atoms with Gasteiger partial charge in [-0.15, -0.1) is 0 Å². The lowest BCUT2D eigenvalue weighted by Gasteiger charge is -2.23. The molecule has 62 valence electrons. The van der Waals surface area contributed by atoms with Gasteiger partial charge in [0.2, 0.25) is 0 Å². The fourth-order valence-electron chi connectivity index (χ4n) is 1.59. The van der Waals surface area contributed by atoms with E-state index in [4.69, 9.17) is 5.26 Å². The van der Waals surface area contributed by atoms with E-state index in [1.165, 1.54) is 18.6 Å². The fraction of sp³-hybridized carbons (Fsp3) is 0.889. The summed E-state index contributed by atoms with van der Waals surface area (Å²) in [6.45, 7) is 2.21. The summed E-state index contributed by atoms with van der Waals surface area (Å²) in [4.78, 5) is 0. The largest absolute Gasteiger partial charge is 0.198 e. The molecule has 0 N–H and O–H groups in total. The Morgan fingerprint density at radius 3 is 2.45 bits per heavy atom. The average Bonchev–Trinajstić information content (AvgIpc) is 2.07. The maximum absolute atomic E-state index is 8.65. The molecule has 0 bridgehead atoms. The molecule has 0 saturated heterocycles. The van der Waals surface area contributed by atoms with Gasteiger partial charge in [-0.2, -0.15) is 17.0 Å². The molecule has 0 aromatic heterocycles. The first-order chi connectivity index (χ1) is 5.36. The first-order valence-corrected chi connectivity index (χ1v) is 5.43. The van der Waals surface area contributed by atoms with Crippen molar-refractivity contribution >= 4 is 11.8 Å². The Hall–Kier alpha value is -0.160. The maximum Gasteiger partial charge on any atom is 0.0655 e. The monoisotopic (exact) mass is 169 g/mol. The molecule has 1 fully saturated rings. The molecule has 1 rings (SSSR count). The molecule has 0 atom stereocenters. The lowest BCUT2D eigenvalue weighted by molar-refractivity contribution is 0.436. The molecule has 1 saturated carbocycles. The van der Waals surface area contributed by atoms with Crippen molar-refractivity contribution < 1.29 is 0 Å². The van der Waals surface area contributed by atoms with Crippen LogP contribution in [0.4, 0.5) is 0 Å². The van der Waals surface area contributed by atoms with Crippen LogP contribution in [0.15, 0.2) is 0 Å². The average molecular weight is 169 g/mol. The van der Waals surface area contributed by atoms with Gasteiger partial charge in [0.05, 0.1) is 6.07 Å². The zero-order valence-electron chi connectivity index (χ0n) is 7.05. The van der Waals surface area contributed by atoms with Gasteiger partial charge < -0.3 is 0 Å². The molecule has 2 heteroatoms. The van der Waals surface area contributed by atoms with E-state index in [2.05, 4.69) is 24.8 Å². The quantitative estimate of drug-likeness (QED) is 0.634. The normalized spacial score (nSPS) is 31.3. The number of nitriles is 1. The molecule has 1 aliphatic rings. The number of nitrogens with zero attached hydrogens (tertiary/aromatic N) is 1. The van der Waals surface area contributed by atoms with Crippen LogP contribution in [0.5, 0.6) is 0 Å². The number of rotatable bonds is 2. The summed E-state index contributed by atoms with van der Waals surface area (Å²) in [5.74, 6) is 1.59. The number of hydrogen-bond donors (Lipinski definition) is 0. The molecule has 0 aromatic rings. The molecule has 0 aromatic carbocycles. The summed E-state index contributed by atoms with van der Waals surface area (Å²) in [6, 6.07) is 2.36. The predicted octanol–water partition coefficient (Wildman–Crippen LogP) is 2.82. The van der Waals surface area contributed by atoms with Crippen LogP contribution in [0.3, 0.4) is 0 Å². The summed E-state index contributed by atoms with van der Waals surface area (Å²) in [6.07, 6.45) is 4.79. The standard InChI is InChI=1S/C9H15NS/c1-2-11-9-5-3-8(7-10)4-6-9/h8-9H,2-6H2,1H3. The first kappa shape index (κ1) is 8.93. The van der Waals surface area contributed by atoms with Gasteiger partial charge in [-0.25, -0.2) is 0 Å². The molecular weight excluding hydrogens is 154 g/mol. The van der Waals surface area contributed by atoms with Gasteiger partial charge in [0.25, 0.3) is 0 Å². The summed E-state index contributed by atoms with van der Waals surface area (Å²) in [7, 11) is 0. The predicted molar refractivity (Wildman–Crippen MR) is 49.5 cm³/mol. The van der Waals surface area contributed by atoms with Crippen molar-refractivity contribution in [1.29, 1.82) is 5.26 Å². The second-order valence-corrected chi connectivity index (χ2v) is 4.64. The van der Waals surface area contributed by atoms with Crippen LogP contribution < -0.4 is 0 Å². The number of thioether (sulfide) groups is 1. The van der Waals surface area contributed by atoms with Crippen molar-refractivity contribution in [1.82, 2.24) is 0 Å². The summed E-state index contributed by atoms with van der Waals surface area (Å²) in [5, 5.41) is 9.50. The third-order valence-electron chi connectivity index (χ3n) is 2.26. The van der Waals surface area contributed by atoms with Gasteiger partial charge in [0.15, 0.2) is 0 Å². The third kappa shape index (κ3) is 2.75. The minimum Gasteiger partial charge on any atom is -0.198 e. The second kappa shape index (κ2) is 4.66. The van der Waals surface area contributed by atoms with Crippen LogP contribution in [-0.4, -0.2) is 11.0 Å². The fourth-order valence-corrected chi connectivity index (χ4v) is 2.67. The Morgan fingerprint density at radius 2 is 2.00 bits per heavy atom. The lowest BCUT2D eigenvalue weighted by atomic mass is 9.90. The second-order valence-electron chi connectivity index (χ2n) is 3.06. The molecular formula is C9H15NS. The van der Waals surface area contributed by atoms with E-state index in [0.717, 1.165) is 18.1 Å². The van der Waals surface area contributed by atoms with E-state index in [0.29, 0.717) is 5.92 Å². The molecule has 11 heavy (non-hydrogen) atoms. The summed E-state index contributed by atoms with van der Waals surface area (Å²) >= 11 is 2.06. The smallest absolute Gasteiger partial charge is 0.0655 e. The highest BCUT2D eigenvalue weighted by Crippen LogP contribution is 2.31. The Labute approximate surface area is 73.2 Å². The van der Waals surface area contributed by atoms with Gasteiger partial charge >= 0.3 is 0 Å². The molecule has 0 radical (unpaired) electrons. The zero-order chi connectivity index (χ0) is 8.10. The summed E-state index contributed by atoms with van der Waals surface area (Å²) < 4.78 is 0. The minimum absolute atomic E-state index is 0.365. The first-order valence-electron chi connectivity index (χ1n) is 4.38. The van der Waals surface area contributed by atoms with Crippen LogP contribution in [-0.2, 0) is 0 Å². The van der Waals surface area contributed by atoms with Gasteiger partial charge in [0, 0.05) is 11.2 Å². The van der Waals surface area contributed by atoms with E-state index in [1.54, 1.807) is 0 Å². The van der Waals surface area contributed by atoms with E-state index < -0.39 is 0 Å². The zero-order valence-corrected chi connectivity index (χ0v) is 7.86. The summed E-state index contributed by atoms with van der Waals surface area (Å²) in [5.41, 5.74) is 0. The van der Waals surface area contributed by atoms with Crippen LogP contribution in [0, 0.1) is 17.2 Å². The lowest BCUT2D eigenvalue weighted by Crippen LogP contribution is -2.14. The Balaban J connectivity index is 2.20. The van der Waals surface area contributed by atoms with E-state index in [-0.39, 0.29) is 0 Å². The van der Waals surface area contributed by atoms with Crippen molar-refractivity contribution in [2.45, 2.75) is 37.9 Å². The number of hydrogen-bond acceptors (Lipinski definition) is 2. The third-order valence-corrected chi connectivity index (χ3v) is 3.54. The molecule has 1 nitrogen and oxygen atoms in total. The van der Waals surface area contributed by atoms with Gasteiger partial charge in [-0.1, -0.05) is 6.92 Å². The minimum atomic E-state index is 0.365. The molecule has 0 heterocycles. The van der Waals surface area contributed by atoms with Crippen LogP contribution in [0.25, 0.3) is 0 Å². The molecule has 0 spiro atoms. The SMILES string of the molecule is CCSC1CCC(C#N)CC1. The van der Waals surface area contributed by atoms with Gasteiger partial charge in [-0.3, -0.25) is 0 Å². The van der Waals surface area contributed by atoms with Crippen molar-refractivity contribution in [3.63, 3.8) is 0 Å². The Morgan fingerprint density at radius 1 is 1.36 bits per heavy atom. The highest BCUT2D eigenvalue weighted by Gasteiger charge is 2.19. The molecule has 0 amide bonds. The van der Waals surface area contributed by atoms with Gasteiger partial charge in [-0.05, 0) is 31.4 Å². The Bertz CT molecular complexity index is 142. The van der Waals surface area contributed by atoms with E-state index >= 15 is 0 Å². The maximum atomic E-state index is 8.65. The van der Waals surface area contributed by atoms with Crippen molar-refractivity contribution in [2.24, 2.45) is 5.92 Å².